The Morgan fingerprint density at radius 3 is 2.54 bits per heavy atom. The number of aliphatic imine (C=N–C) groups is 1. The molecule has 0 saturated carbocycles. The second kappa shape index (κ2) is 6.05. The molecule has 0 aromatic heterocycles. The van der Waals surface area contributed by atoms with Crippen LogP contribution >= 0.6 is 11.6 Å². The van der Waals surface area contributed by atoms with Gasteiger partial charge in [0.05, 0.1) is 0 Å². The molecule has 13 heavy (non-hydrogen) atoms. The van der Waals surface area contributed by atoms with Crippen LogP contribution in [0.15, 0.2) is 16.8 Å². The average molecular weight is 211 g/mol. The number of halogens is 3. The standard InChI is InChI=1S/C8H13ClF2N2/c1-4-13(3)7(9)5-6(12-2)8(10)11/h5,7-8H,2,4H2,1,3H3/b6-5-. The van der Waals surface area contributed by atoms with Crippen LogP contribution in [0.4, 0.5) is 8.78 Å². The first-order valence-electron chi connectivity index (χ1n) is 3.83. The molecule has 76 valence electrons. The monoisotopic (exact) mass is 210 g/mol. The maximum absolute atomic E-state index is 12.1. The summed E-state index contributed by atoms with van der Waals surface area (Å²) in [4.78, 5) is 4.90. The van der Waals surface area contributed by atoms with Crippen molar-refractivity contribution in [2.45, 2.75) is 18.9 Å². The zero-order valence-electron chi connectivity index (χ0n) is 7.67. The number of nitrogens with zero attached hydrogens (tertiary/aromatic N) is 2. The fraction of sp³-hybridized carbons (Fsp3) is 0.625. The zero-order valence-corrected chi connectivity index (χ0v) is 8.43. The third-order valence-corrected chi connectivity index (χ3v) is 2.09. The fourth-order valence-electron chi connectivity index (χ4n) is 0.637. The van der Waals surface area contributed by atoms with Crippen LogP contribution in [0.5, 0.6) is 0 Å². The number of allylic oxidation sites excluding steroid dienone is 1. The molecular formula is C8H13ClF2N2. The van der Waals surface area contributed by atoms with E-state index in [1.807, 2.05) is 6.92 Å². The van der Waals surface area contributed by atoms with Crippen LogP contribution in [-0.2, 0) is 0 Å². The Labute approximate surface area is 81.9 Å². The molecule has 0 fully saturated rings. The third-order valence-electron chi connectivity index (χ3n) is 1.63. The molecule has 0 aromatic rings. The SMILES string of the molecule is C=N/C(=C\C(Cl)N(C)CC)C(F)F. The lowest BCUT2D eigenvalue weighted by Gasteiger charge is -2.17. The smallest absolute Gasteiger partial charge is 0.280 e. The Bertz CT molecular complexity index is 195. The lowest BCUT2D eigenvalue weighted by molar-refractivity contribution is 0.187. The fourth-order valence-corrected chi connectivity index (χ4v) is 0.904. The Hall–Kier alpha value is -0.480. The van der Waals surface area contributed by atoms with E-state index in [2.05, 4.69) is 11.7 Å². The molecule has 0 saturated heterocycles. The molecule has 1 atom stereocenters. The summed E-state index contributed by atoms with van der Waals surface area (Å²) in [6.45, 7) is 5.61. The normalized spacial score (nSPS) is 15.2. The molecular weight excluding hydrogens is 198 g/mol. The van der Waals surface area contributed by atoms with Gasteiger partial charge >= 0.3 is 0 Å². The Morgan fingerprint density at radius 1 is 1.69 bits per heavy atom. The van der Waals surface area contributed by atoms with Crippen molar-refractivity contribution >= 4 is 18.3 Å². The number of hydrogen-bond donors (Lipinski definition) is 0. The van der Waals surface area contributed by atoms with Crippen LogP contribution in [0.3, 0.4) is 0 Å². The van der Waals surface area contributed by atoms with Crippen molar-refractivity contribution in [1.29, 1.82) is 0 Å². The van der Waals surface area contributed by atoms with Gasteiger partial charge in [0, 0.05) is 0 Å². The zero-order chi connectivity index (χ0) is 10.4. The van der Waals surface area contributed by atoms with E-state index in [0.717, 1.165) is 0 Å². The molecule has 5 heteroatoms. The first-order chi connectivity index (χ1) is 6.02. The first kappa shape index (κ1) is 12.5. The quantitative estimate of drug-likeness (QED) is 0.386. The molecule has 0 amide bonds. The van der Waals surface area contributed by atoms with E-state index in [9.17, 15) is 8.78 Å². The molecule has 0 radical (unpaired) electrons. The number of likely N-dealkylation sites (N-methyl/N-ethyl adjacent to an activating group) is 1. The van der Waals surface area contributed by atoms with E-state index in [0.29, 0.717) is 6.54 Å². The summed E-state index contributed by atoms with van der Waals surface area (Å²) in [5, 5.41) is 0. The van der Waals surface area contributed by atoms with Gasteiger partial charge in [-0.2, -0.15) is 0 Å². The van der Waals surface area contributed by atoms with Crippen molar-refractivity contribution in [3.8, 4) is 0 Å². The minimum absolute atomic E-state index is 0.375. The Balaban J connectivity index is 4.41. The van der Waals surface area contributed by atoms with E-state index in [1.54, 1.807) is 11.9 Å². The van der Waals surface area contributed by atoms with Crippen molar-refractivity contribution in [1.82, 2.24) is 4.90 Å². The first-order valence-corrected chi connectivity index (χ1v) is 4.27. The van der Waals surface area contributed by atoms with Crippen LogP contribution in [0, 0.1) is 0 Å². The Kier molecular flexibility index (Phi) is 5.82. The maximum atomic E-state index is 12.1. The van der Waals surface area contributed by atoms with Gasteiger partial charge in [-0.15, -0.1) is 11.6 Å². The predicted octanol–water partition coefficient (Wildman–Crippen LogP) is 2.35. The van der Waals surface area contributed by atoms with Gasteiger partial charge in [0.15, 0.2) is 0 Å². The molecule has 2 nitrogen and oxygen atoms in total. The molecule has 0 aromatic carbocycles. The summed E-state index contributed by atoms with van der Waals surface area (Å²) in [6, 6.07) is 0. The average Bonchev–Trinajstić information content (AvgIpc) is 2.11. The summed E-state index contributed by atoms with van der Waals surface area (Å²) in [7, 11) is 1.74. The molecule has 0 aliphatic carbocycles. The second-order valence-corrected chi connectivity index (χ2v) is 2.94. The van der Waals surface area contributed by atoms with Crippen molar-refractivity contribution in [2.75, 3.05) is 13.6 Å². The van der Waals surface area contributed by atoms with Crippen molar-refractivity contribution < 1.29 is 8.78 Å². The van der Waals surface area contributed by atoms with E-state index < -0.39 is 11.9 Å². The van der Waals surface area contributed by atoms with Gasteiger partial charge in [0.25, 0.3) is 6.43 Å². The predicted molar refractivity (Wildman–Crippen MR) is 51.6 cm³/mol. The van der Waals surface area contributed by atoms with Gasteiger partial charge in [-0.1, -0.05) is 6.92 Å². The highest BCUT2D eigenvalue weighted by atomic mass is 35.5. The lowest BCUT2D eigenvalue weighted by Crippen LogP contribution is -2.25. The molecule has 0 aliphatic rings. The van der Waals surface area contributed by atoms with Gasteiger partial charge in [0.1, 0.15) is 11.2 Å². The molecule has 1 unspecified atom stereocenters. The van der Waals surface area contributed by atoms with Crippen LogP contribution in [0.25, 0.3) is 0 Å². The van der Waals surface area contributed by atoms with Gasteiger partial charge in [0.2, 0.25) is 0 Å². The van der Waals surface area contributed by atoms with E-state index in [1.165, 1.54) is 6.08 Å². The minimum Gasteiger partial charge on any atom is -0.288 e. The summed E-state index contributed by atoms with van der Waals surface area (Å²) < 4.78 is 24.3. The number of alkyl halides is 3. The highest BCUT2D eigenvalue weighted by Crippen LogP contribution is 2.14. The highest BCUT2D eigenvalue weighted by molar-refractivity contribution is 6.21. The largest absolute Gasteiger partial charge is 0.288 e. The van der Waals surface area contributed by atoms with E-state index >= 15 is 0 Å². The summed E-state index contributed by atoms with van der Waals surface area (Å²) in [5.74, 6) is 0. The van der Waals surface area contributed by atoms with Crippen molar-refractivity contribution in [3.05, 3.63) is 11.8 Å². The van der Waals surface area contributed by atoms with Crippen LogP contribution < -0.4 is 0 Å². The number of rotatable bonds is 5. The Morgan fingerprint density at radius 2 is 2.23 bits per heavy atom. The molecule has 0 rings (SSSR count). The van der Waals surface area contributed by atoms with Crippen LogP contribution in [-0.4, -0.2) is 37.1 Å². The summed E-state index contributed by atoms with van der Waals surface area (Å²) in [5.41, 5.74) is -0.945. The number of hydrogen-bond acceptors (Lipinski definition) is 2. The third kappa shape index (κ3) is 4.33. The van der Waals surface area contributed by atoms with E-state index in [4.69, 9.17) is 11.6 Å². The maximum Gasteiger partial charge on any atom is 0.280 e. The van der Waals surface area contributed by atoms with Gasteiger partial charge < -0.3 is 0 Å². The topological polar surface area (TPSA) is 15.6 Å². The van der Waals surface area contributed by atoms with Crippen LogP contribution in [0.1, 0.15) is 6.92 Å². The molecule has 0 aliphatic heterocycles. The van der Waals surface area contributed by atoms with Crippen molar-refractivity contribution in [3.63, 3.8) is 0 Å². The van der Waals surface area contributed by atoms with Gasteiger partial charge in [-0.05, 0) is 26.4 Å². The molecule has 0 bridgehead atoms. The minimum atomic E-state index is -2.62. The summed E-state index contributed by atoms with van der Waals surface area (Å²) in [6.07, 6.45) is -1.42. The lowest BCUT2D eigenvalue weighted by atomic mass is 10.4. The highest BCUT2D eigenvalue weighted by Gasteiger charge is 2.13. The van der Waals surface area contributed by atoms with E-state index in [-0.39, 0.29) is 5.70 Å². The van der Waals surface area contributed by atoms with Gasteiger partial charge in [-0.25, -0.2) is 8.78 Å². The molecule has 0 spiro atoms. The van der Waals surface area contributed by atoms with Gasteiger partial charge in [-0.3, -0.25) is 9.89 Å². The molecule has 0 heterocycles. The van der Waals surface area contributed by atoms with Crippen LogP contribution in [0.2, 0.25) is 0 Å². The van der Waals surface area contributed by atoms with Crippen molar-refractivity contribution in [2.24, 2.45) is 4.99 Å². The second-order valence-electron chi connectivity index (χ2n) is 2.50. The summed E-state index contributed by atoms with van der Waals surface area (Å²) >= 11 is 5.78. The molecule has 0 N–H and O–H groups in total.